The quantitative estimate of drug-likeness (QED) is 0.552. The van der Waals surface area contributed by atoms with E-state index in [-0.39, 0.29) is 25.1 Å². The van der Waals surface area contributed by atoms with Crippen molar-refractivity contribution >= 4 is 23.6 Å². The molecule has 4 rings (SSSR count). The second-order valence-corrected chi connectivity index (χ2v) is 8.32. The van der Waals surface area contributed by atoms with E-state index in [9.17, 15) is 9.59 Å². The highest BCUT2D eigenvalue weighted by atomic mass is 32.2. The van der Waals surface area contributed by atoms with Gasteiger partial charge >= 0.3 is 5.97 Å². The Bertz CT molecular complexity index is 872. The number of para-hydroxylation sites is 1. The minimum absolute atomic E-state index is 0.0203. The third-order valence-electron chi connectivity index (χ3n) is 5.30. The number of benzene rings is 2. The van der Waals surface area contributed by atoms with E-state index in [1.54, 1.807) is 16.7 Å². The van der Waals surface area contributed by atoms with Crippen molar-refractivity contribution < 1.29 is 19.1 Å². The Balaban J connectivity index is 1.38. The van der Waals surface area contributed by atoms with Gasteiger partial charge in [-0.3, -0.25) is 4.79 Å². The van der Waals surface area contributed by atoms with E-state index in [0.717, 1.165) is 23.3 Å². The normalized spacial score (nSPS) is 23.5. The molecule has 2 aliphatic heterocycles. The molecular formula is C22H23NO4S. The fourth-order valence-electron chi connectivity index (χ4n) is 3.92. The van der Waals surface area contributed by atoms with E-state index < -0.39 is 10.9 Å². The van der Waals surface area contributed by atoms with E-state index in [2.05, 4.69) is 0 Å². The van der Waals surface area contributed by atoms with Crippen LogP contribution in [-0.2, 0) is 19.2 Å². The number of hydrogen-bond donors (Lipinski definition) is 0. The molecule has 1 amide bonds. The van der Waals surface area contributed by atoms with Crippen molar-refractivity contribution in [3.63, 3.8) is 0 Å². The number of aryl methyl sites for hydroxylation is 1. The molecule has 0 radical (unpaired) electrons. The molecule has 2 atom stereocenters. The van der Waals surface area contributed by atoms with Crippen molar-refractivity contribution in [1.82, 2.24) is 4.90 Å². The summed E-state index contributed by atoms with van der Waals surface area (Å²) in [7, 11) is 0. The number of carbonyl (C=O) groups is 2. The molecule has 0 saturated carbocycles. The van der Waals surface area contributed by atoms with Crippen molar-refractivity contribution in [3.8, 4) is 5.75 Å². The van der Waals surface area contributed by atoms with Gasteiger partial charge in [0.15, 0.2) is 0 Å². The predicted molar refractivity (Wildman–Crippen MR) is 108 cm³/mol. The number of amides is 1. The molecule has 2 aromatic rings. The van der Waals surface area contributed by atoms with E-state index in [0.29, 0.717) is 12.2 Å². The molecule has 5 nitrogen and oxygen atoms in total. The molecule has 0 aromatic heterocycles. The maximum Gasteiger partial charge on any atom is 0.329 e. The average molecular weight is 397 g/mol. The number of thioether (sulfide) groups is 1. The van der Waals surface area contributed by atoms with Gasteiger partial charge in [-0.15, -0.1) is 11.8 Å². The molecule has 2 aliphatic rings. The summed E-state index contributed by atoms with van der Waals surface area (Å²) in [6, 6.07) is 17.1. The lowest BCUT2D eigenvalue weighted by Crippen LogP contribution is -2.46. The van der Waals surface area contributed by atoms with Gasteiger partial charge in [-0.05, 0) is 30.5 Å². The highest BCUT2D eigenvalue weighted by molar-refractivity contribution is 8.00. The molecule has 0 bridgehead atoms. The largest absolute Gasteiger partial charge is 0.490 e. The minimum Gasteiger partial charge on any atom is -0.490 e. The van der Waals surface area contributed by atoms with Gasteiger partial charge in [0.25, 0.3) is 0 Å². The molecule has 28 heavy (non-hydrogen) atoms. The molecular weight excluding hydrogens is 374 g/mol. The van der Waals surface area contributed by atoms with Gasteiger partial charge < -0.3 is 14.4 Å². The van der Waals surface area contributed by atoms with Gasteiger partial charge in [0, 0.05) is 12.2 Å². The zero-order valence-electron chi connectivity index (χ0n) is 15.8. The van der Waals surface area contributed by atoms with Crippen LogP contribution >= 0.6 is 11.8 Å². The number of hydrogen-bond acceptors (Lipinski definition) is 5. The van der Waals surface area contributed by atoms with E-state index in [4.69, 9.17) is 9.47 Å². The van der Waals surface area contributed by atoms with E-state index >= 15 is 0 Å². The Kier molecular flexibility index (Phi) is 5.31. The number of rotatable bonds is 6. The van der Waals surface area contributed by atoms with Crippen molar-refractivity contribution in [2.75, 3.05) is 19.0 Å². The highest BCUT2D eigenvalue weighted by Crippen LogP contribution is 2.54. The second-order valence-electron chi connectivity index (χ2n) is 7.02. The van der Waals surface area contributed by atoms with Crippen LogP contribution in [0.5, 0.6) is 5.75 Å². The summed E-state index contributed by atoms with van der Waals surface area (Å²) in [5, 5.41) is 0. The Morgan fingerprint density at radius 3 is 2.68 bits per heavy atom. The van der Waals surface area contributed by atoms with Crippen LogP contribution < -0.4 is 4.74 Å². The number of fused-ring (bicyclic) bond motifs is 1. The van der Waals surface area contributed by atoms with Crippen LogP contribution in [0.4, 0.5) is 0 Å². The third-order valence-corrected chi connectivity index (χ3v) is 6.90. The molecule has 0 N–H and O–H groups in total. The Morgan fingerprint density at radius 2 is 1.89 bits per heavy atom. The molecule has 2 fully saturated rings. The smallest absolute Gasteiger partial charge is 0.329 e. The topological polar surface area (TPSA) is 55.8 Å². The molecule has 2 heterocycles. The maximum absolute atomic E-state index is 12.7. The first-order valence-corrected chi connectivity index (χ1v) is 10.5. The zero-order chi connectivity index (χ0) is 19.6. The lowest BCUT2D eigenvalue weighted by atomic mass is 10.0. The van der Waals surface area contributed by atoms with E-state index in [1.807, 2.05) is 61.5 Å². The van der Waals surface area contributed by atoms with Crippen LogP contribution in [0, 0.1) is 6.92 Å². The number of nitrogens with zero attached hydrogens (tertiary/aromatic N) is 1. The molecule has 0 unspecified atom stereocenters. The first-order chi connectivity index (χ1) is 13.6. The van der Waals surface area contributed by atoms with Crippen molar-refractivity contribution in [3.05, 3.63) is 65.7 Å². The number of carbonyl (C=O) groups excluding carboxylic acids is 2. The van der Waals surface area contributed by atoms with E-state index in [1.165, 1.54) is 0 Å². The molecule has 2 aromatic carbocycles. The van der Waals surface area contributed by atoms with Crippen LogP contribution in [0.1, 0.15) is 24.0 Å². The summed E-state index contributed by atoms with van der Waals surface area (Å²) in [4.78, 5) is 26.6. The van der Waals surface area contributed by atoms with Crippen molar-refractivity contribution in [2.24, 2.45) is 0 Å². The minimum atomic E-state index is -0.543. The summed E-state index contributed by atoms with van der Waals surface area (Å²) in [5.74, 6) is 1.01. The third kappa shape index (κ3) is 3.37. The Morgan fingerprint density at radius 1 is 1.14 bits per heavy atom. The second kappa shape index (κ2) is 7.87. The lowest BCUT2D eigenvalue weighted by Gasteiger charge is -2.33. The molecule has 0 spiro atoms. The monoisotopic (exact) mass is 397 g/mol. The Hall–Kier alpha value is -2.47. The van der Waals surface area contributed by atoms with Crippen LogP contribution in [0.3, 0.4) is 0 Å². The maximum atomic E-state index is 12.7. The van der Waals surface area contributed by atoms with Crippen LogP contribution in [0.15, 0.2) is 54.6 Å². The summed E-state index contributed by atoms with van der Waals surface area (Å²) < 4.78 is 11.1. The lowest BCUT2D eigenvalue weighted by molar-refractivity contribution is -0.154. The molecule has 6 heteroatoms. The summed E-state index contributed by atoms with van der Waals surface area (Å²) in [6.45, 7) is 2.42. The fraction of sp³-hybridized carbons (Fsp3) is 0.364. The summed E-state index contributed by atoms with van der Waals surface area (Å²) in [6.07, 6.45) is 1.18. The van der Waals surface area contributed by atoms with Gasteiger partial charge in [0.2, 0.25) is 5.91 Å². The van der Waals surface area contributed by atoms with Crippen LogP contribution in [0.2, 0.25) is 0 Å². The van der Waals surface area contributed by atoms with Crippen molar-refractivity contribution in [2.45, 2.75) is 30.7 Å². The highest BCUT2D eigenvalue weighted by Gasteiger charge is 2.57. The molecule has 0 aliphatic carbocycles. The summed E-state index contributed by atoms with van der Waals surface area (Å²) >= 11 is 1.66. The van der Waals surface area contributed by atoms with Crippen molar-refractivity contribution in [1.29, 1.82) is 0 Å². The predicted octanol–water partition coefficient (Wildman–Crippen LogP) is 3.51. The SMILES string of the molecule is Cc1ccccc1OCCOC(=O)[C@@H]1CS[C@@]2(c3ccccc3)CCC(=O)N12. The summed E-state index contributed by atoms with van der Waals surface area (Å²) in [5.41, 5.74) is 2.11. The first kappa shape index (κ1) is 18.9. The van der Waals surface area contributed by atoms with Crippen LogP contribution in [0.25, 0.3) is 0 Å². The molecule has 146 valence electrons. The standard InChI is InChI=1S/C22H23NO4S/c1-16-7-5-6-10-19(16)26-13-14-27-21(25)18-15-28-22(12-11-20(24)23(18)22)17-8-3-2-4-9-17/h2-10,18H,11-15H2,1H3/t18-,22+/m0/s1. The number of esters is 1. The van der Waals surface area contributed by atoms with Crippen LogP contribution in [-0.4, -0.2) is 41.8 Å². The zero-order valence-corrected chi connectivity index (χ0v) is 16.6. The van der Waals surface area contributed by atoms with Gasteiger partial charge in [-0.25, -0.2) is 4.79 Å². The van der Waals surface area contributed by atoms with Gasteiger partial charge in [-0.2, -0.15) is 0 Å². The average Bonchev–Trinajstić information content (AvgIpc) is 3.26. The van der Waals surface area contributed by atoms with Gasteiger partial charge in [0.1, 0.15) is 29.9 Å². The molecule has 2 saturated heterocycles. The fourth-order valence-corrected chi connectivity index (χ4v) is 5.56. The van der Waals surface area contributed by atoms with Gasteiger partial charge in [-0.1, -0.05) is 48.5 Å². The number of ether oxygens (including phenoxy) is 2. The van der Waals surface area contributed by atoms with Gasteiger partial charge in [0.05, 0.1) is 0 Å². The first-order valence-electron chi connectivity index (χ1n) is 9.48. The Labute approximate surface area is 169 Å².